The Morgan fingerprint density at radius 1 is 1.19 bits per heavy atom. The van der Waals surface area contributed by atoms with Gasteiger partial charge < -0.3 is 15.4 Å². The number of aromatic nitrogens is 2. The fourth-order valence-corrected chi connectivity index (χ4v) is 2.11. The Morgan fingerprint density at radius 2 is 1.95 bits per heavy atom. The molecule has 0 aliphatic heterocycles. The van der Waals surface area contributed by atoms with Crippen molar-refractivity contribution in [2.75, 3.05) is 25.1 Å². The number of hydrogen-bond donors (Lipinski definition) is 1. The Morgan fingerprint density at radius 3 is 2.62 bits per heavy atom. The summed E-state index contributed by atoms with van der Waals surface area (Å²) in [5.41, 5.74) is 7.75. The first kappa shape index (κ1) is 15.3. The van der Waals surface area contributed by atoms with E-state index in [9.17, 15) is 0 Å². The molecule has 0 spiro atoms. The smallest absolute Gasteiger partial charge is 0.229 e. The van der Waals surface area contributed by atoms with Gasteiger partial charge >= 0.3 is 0 Å². The Hall–Kier alpha value is -2.14. The van der Waals surface area contributed by atoms with E-state index in [0.29, 0.717) is 18.4 Å². The number of rotatable bonds is 7. The van der Waals surface area contributed by atoms with E-state index in [4.69, 9.17) is 10.5 Å². The topological polar surface area (TPSA) is 64.3 Å². The molecule has 0 saturated heterocycles. The summed E-state index contributed by atoms with van der Waals surface area (Å²) in [6.07, 6.45) is 0.895. The van der Waals surface area contributed by atoms with Crippen LogP contribution in [-0.4, -0.2) is 30.2 Å². The minimum Gasteiger partial charge on any atom is -0.481 e. The molecular weight excluding hydrogens is 264 g/mol. The number of ether oxygens (including phenoxy) is 1. The number of anilines is 1. The summed E-state index contributed by atoms with van der Waals surface area (Å²) in [5.74, 6) is 1.27. The van der Waals surface area contributed by atoms with E-state index in [1.54, 1.807) is 7.11 Å². The maximum absolute atomic E-state index is 5.64. The lowest BCUT2D eigenvalue weighted by Crippen LogP contribution is -2.27. The maximum Gasteiger partial charge on any atom is 0.229 e. The van der Waals surface area contributed by atoms with Gasteiger partial charge in [0.25, 0.3) is 0 Å². The van der Waals surface area contributed by atoms with Crippen LogP contribution in [0.1, 0.15) is 17.7 Å². The standard InChI is InChI=1S/C16H22N4O/c1-13-11-15(21-2)19-16(18-13)20(10-6-9-17)12-14-7-4-3-5-8-14/h3-5,7-8,11H,6,9-10,12,17H2,1-2H3. The van der Waals surface area contributed by atoms with E-state index in [2.05, 4.69) is 27.0 Å². The largest absolute Gasteiger partial charge is 0.481 e. The fraction of sp³-hybridized carbons (Fsp3) is 0.375. The molecule has 1 heterocycles. The Labute approximate surface area is 125 Å². The van der Waals surface area contributed by atoms with Gasteiger partial charge in [-0.25, -0.2) is 4.98 Å². The van der Waals surface area contributed by atoms with Gasteiger partial charge in [0.05, 0.1) is 7.11 Å². The minimum absolute atomic E-state index is 0.586. The van der Waals surface area contributed by atoms with Crippen molar-refractivity contribution >= 4 is 5.95 Å². The van der Waals surface area contributed by atoms with Gasteiger partial charge in [-0.15, -0.1) is 0 Å². The highest BCUT2D eigenvalue weighted by molar-refractivity contribution is 5.36. The van der Waals surface area contributed by atoms with Crippen molar-refractivity contribution in [3.8, 4) is 5.88 Å². The van der Waals surface area contributed by atoms with Crippen LogP contribution >= 0.6 is 0 Å². The highest BCUT2D eigenvalue weighted by atomic mass is 16.5. The highest BCUT2D eigenvalue weighted by Gasteiger charge is 2.12. The van der Waals surface area contributed by atoms with Crippen molar-refractivity contribution in [2.24, 2.45) is 5.73 Å². The molecule has 0 unspecified atom stereocenters. The van der Waals surface area contributed by atoms with Gasteiger partial charge in [0, 0.05) is 24.8 Å². The molecule has 2 N–H and O–H groups in total. The van der Waals surface area contributed by atoms with Crippen molar-refractivity contribution in [1.29, 1.82) is 0 Å². The Kier molecular flexibility index (Phi) is 5.51. The van der Waals surface area contributed by atoms with E-state index in [-0.39, 0.29) is 0 Å². The molecule has 112 valence electrons. The Balaban J connectivity index is 2.24. The normalized spacial score (nSPS) is 10.4. The second-order valence-corrected chi connectivity index (χ2v) is 4.90. The van der Waals surface area contributed by atoms with Crippen LogP contribution in [0.5, 0.6) is 5.88 Å². The first-order chi connectivity index (χ1) is 10.2. The van der Waals surface area contributed by atoms with Gasteiger partial charge in [0.15, 0.2) is 0 Å². The number of aryl methyl sites for hydroxylation is 1. The van der Waals surface area contributed by atoms with Gasteiger partial charge in [0.1, 0.15) is 0 Å². The first-order valence-electron chi connectivity index (χ1n) is 7.11. The number of nitrogens with two attached hydrogens (primary N) is 1. The molecular formula is C16H22N4O. The molecule has 1 aromatic carbocycles. The second-order valence-electron chi connectivity index (χ2n) is 4.90. The summed E-state index contributed by atoms with van der Waals surface area (Å²) >= 11 is 0. The second kappa shape index (κ2) is 7.59. The number of hydrogen-bond acceptors (Lipinski definition) is 5. The molecule has 0 atom stereocenters. The summed E-state index contributed by atoms with van der Waals surface area (Å²) in [6.45, 7) is 4.16. The average molecular weight is 286 g/mol. The van der Waals surface area contributed by atoms with Crippen molar-refractivity contribution in [2.45, 2.75) is 19.9 Å². The molecule has 0 fully saturated rings. The zero-order valence-corrected chi connectivity index (χ0v) is 12.6. The van der Waals surface area contributed by atoms with Gasteiger partial charge in [-0.2, -0.15) is 4.98 Å². The molecule has 5 heteroatoms. The third kappa shape index (κ3) is 4.43. The summed E-state index contributed by atoms with van der Waals surface area (Å²) < 4.78 is 5.24. The van der Waals surface area contributed by atoms with Crippen LogP contribution in [0.2, 0.25) is 0 Å². The van der Waals surface area contributed by atoms with Crippen molar-refractivity contribution < 1.29 is 4.74 Å². The monoisotopic (exact) mass is 286 g/mol. The molecule has 0 aliphatic carbocycles. The van der Waals surface area contributed by atoms with E-state index in [0.717, 1.165) is 25.2 Å². The van der Waals surface area contributed by atoms with Crippen LogP contribution < -0.4 is 15.4 Å². The van der Waals surface area contributed by atoms with Crippen molar-refractivity contribution in [3.05, 3.63) is 47.7 Å². The lowest BCUT2D eigenvalue weighted by atomic mass is 10.2. The molecule has 2 aromatic rings. The highest BCUT2D eigenvalue weighted by Crippen LogP contribution is 2.17. The summed E-state index contributed by atoms with van der Waals surface area (Å²) in [7, 11) is 1.62. The van der Waals surface area contributed by atoms with Crippen LogP contribution in [0.4, 0.5) is 5.95 Å². The maximum atomic E-state index is 5.64. The number of nitrogens with zero attached hydrogens (tertiary/aromatic N) is 3. The quantitative estimate of drug-likeness (QED) is 0.845. The zero-order chi connectivity index (χ0) is 15.1. The molecule has 0 saturated carbocycles. The molecule has 0 bridgehead atoms. The predicted octanol–water partition coefficient (Wildman–Crippen LogP) is 2.15. The van der Waals surface area contributed by atoms with E-state index in [1.165, 1.54) is 5.56 Å². The number of methoxy groups -OCH3 is 1. The lowest BCUT2D eigenvalue weighted by molar-refractivity contribution is 0.396. The summed E-state index contributed by atoms with van der Waals surface area (Å²) in [4.78, 5) is 11.1. The van der Waals surface area contributed by atoms with Gasteiger partial charge in [-0.1, -0.05) is 30.3 Å². The minimum atomic E-state index is 0.586. The van der Waals surface area contributed by atoms with Crippen molar-refractivity contribution in [3.63, 3.8) is 0 Å². The molecule has 0 aliphatic rings. The third-order valence-corrected chi connectivity index (χ3v) is 3.16. The summed E-state index contributed by atoms with van der Waals surface area (Å²) in [6, 6.07) is 12.1. The lowest BCUT2D eigenvalue weighted by Gasteiger charge is -2.23. The Bertz CT molecular complexity index is 559. The summed E-state index contributed by atoms with van der Waals surface area (Å²) in [5, 5.41) is 0. The third-order valence-electron chi connectivity index (χ3n) is 3.16. The van der Waals surface area contributed by atoms with Gasteiger partial charge in [-0.3, -0.25) is 0 Å². The van der Waals surface area contributed by atoms with E-state index in [1.807, 2.05) is 31.2 Å². The average Bonchev–Trinajstić information content (AvgIpc) is 2.51. The molecule has 1 aromatic heterocycles. The van der Waals surface area contributed by atoms with Crippen LogP contribution in [0, 0.1) is 6.92 Å². The van der Waals surface area contributed by atoms with Crippen LogP contribution in [0.15, 0.2) is 36.4 Å². The zero-order valence-electron chi connectivity index (χ0n) is 12.6. The van der Waals surface area contributed by atoms with Crippen LogP contribution in [-0.2, 0) is 6.54 Å². The molecule has 2 rings (SSSR count). The van der Waals surface area contributed by atoms with E-state index >= 15 is 0 Å². The molecule has 21 heavy (non-hydrogen) atoms. The van der Waals surface area contributed by atoms with Crippen LogP contribution in [0.25, 0.3) is 0 Å². The van der Waals surface area contributed by atoms with Gasteiger partial charge in [0.2, 0.25) is 11.8 Å². The predicted molar refractivity (Wildman–Crippen MR) is 84.5 cm³/mol. The SMILES string of the molecule is COc1cc(C)nc(N(CCCN)Cc2ccccc2)n1. The van der Waals surface area contributed by atoms with Crippen molar-refractivity contribution in [1.82, 2.24) is 9.97 Å². The fourth-order valence-electron chi connectivity index (χ4n) is 2.11. The van der Waals surface area contributed by atoms with E-state index < -0.39 is 0 Å². The number of benzene rings is 1. The molecule has 0 amide bonds. The van der Waals surface area contributed by atoms with Crippen LogP contribution in [0.3, 0.4) is 0 Å². The first-order valence-corrected chi connectivity index (χ1v) is 7.11. The van der Waals surface area contributed by atoms with Gasteiger partial charge in [-0.05, 0) is 25.5 Å². The molecule has 0 radical (unpaired) electrons. The molecule has 5 nitrogen and oxygen atoms in total.